The van der Waals surface area contributed by atoms with Crippen molar-refractivity contribution in [2.45, 2.75) is 13.0 Å². The van der Waals surface area contributed by atoms with E-state index in [0.717, 1.165) is 5.56 Å². The van der Waals surface area contributed by atoms with Gasteiger partial charge in [0.1, 0.15) is 11.5 Å². The first-order valence-electron chi connectivity index (χ1n) is 8.55. The molecule has 0 saturated heterocycles. The van der Waals surface area contributed by atoms with Gasteiger partial charge in [0, 0.05) is 12.7 Å². The zero-order valence-electron chi connectivity index (χ0n) is 14.4. The maximum atomic E-state index is 13.2. The number of aromatic amines is 1. The average Bonchev–Trinajstić information content (AvgIpc) is 2.68. The third-order valence-corrected chi connectivity index (χ3v) is 4.50. The highest BCUT2D eigenvalue weighted by Gasteiger charge is 2.14. The number of fused-ring (bicyclic) bond motifs is 1. The molecular weight excluding hydrogens is 345 g/mol. The molecule has 0 aliphatic rings. The summed E-state index contributed by atoms with van der Waals surface area (Å²) in [6.07, 6.45) is 2.18. The van der Waals surface area contributed by atoms with Gasteiger partial charge >= 0.3 is 5.69 Å². The van der Waals surface area contributed by atoms with Crippen molar-refractivity contribution in [1.29, 1.82) is 0 Å². The standard InChI is InChI=1S/C21H16FN3O2/c22-16-8-6-15(7-9-16)17-10-12-23-19-18(17)20(26)24-21(27)25(19)13-11-14-4-2-1-3-5-14/h1-10,12H,11,13H2,(H,24,26,27). The molecule has 134 valence electrons. The van der Waals surface area contributed by atoms with Gasteiger partial charge in [0.15, 0.2) is 0 Å². The first-order chi connectivity index (χ1) is 13.1. The molecule has 5 nitrogen and oxygen atoms in total. The van der Waals surface area contributed by atoms with Crippen molar-refractivity contribution in [3.05, 3.63) is 99.1 Å². The van der Waals surface area contributed by atoms with Crippen LogP contribution in [0.15, 0.2) is 76.4 Å². The fourth-order valence-corrected chi connectivity index (χ4v) is 3.17. The Hall–Kier alpha value is -3.54. The fourth-order valence-electron chi connectivity index (χ4n) is 3.17. The molecule has 27 heavy (non-hydrogen) atoms. The second-order valence-corrected chi connectivity index (χ2v) is 6.21. The normalized spacial score (nSPS) is 11.0. The fraction of sp³-hybridized carbons (Fsp3) is 0.0952. The van der Waals surface area contributed by atoms with Crippen LogP contribution in [-0.4, -0.2) is 14.5 Å². The Labute approximate surface area is 153 Å². The van der Waals surface area contributed by atoms with Gasteiger partial charge in [-0.1, -0.05) is 42.5 Å². The lowest BCUT2D eigenvalue weighted by atomic mass is 10.0. The minimum absolute atomic E-state index is 0.316. The summed E-state index contributed by atoms with van der Waals surface area (Å²) in [5.74, 6) is -0.356. The maximum Gasteiger partial charge on any atom is 0.330 e. The van der Waals surface area contributed by atoms with E-state index in [4.69, 9.17) is 0 Å². The number of hydrogen-bond acceptors (Lipinski definition) is 3. The molecule has 2 aromatic carbocycles. The van der Waals surface area contributed by atoms with E-state index >= 15 is 0 Å². The lowest BCUT2D eigenvalue weighted by Gasteiger charge is -2.11. The van der Waals surface area contributed by atoms with E-state index in [9.17, 15) is 14.0 Å². The predicted octanol–water partition coefficient (Wildman–Crippen LogP) is 3.13. The van der Waals surface area contributed by atoms with Gasteiger partial charge in [-0.2, -0.15) is 0 Å². The van der Waals surface area contributed by atoms with Crippen LogP contribution in [0.2, 0.25) is 0 Å². The molecule has 0 fully saturated rings. The van der Waals surface area contributed by atoms with E-state index in [1.807, 2.05) is 30.3 Å². The molecule has 0 saturated carbocycles. The Balaban J connectivity index is 1.86. The molecule has 0 spiro atoms. The summed E-state index contributed by atoms with van der Waals surface area (Å²) >= 11 is 0. The van der Waals surface area contributed by atoms with Gasteiger partial charge in [-0.15, -0.1) is 0 Å². The SMILES string of the molecule is O=c1[nH]c(=O)n(CCc2ccccc2)c2nccc(-c3ccc(F)cc3)c12. The second-order valence-electron chi connectivity index (χ2n) is 6.21. The summed E-state index contributed by atoms with van der Waals surface area (Å²) < 4.78 is 14.7. The molecule has 0 atom stereocenters. The number of aromatic nitrogens is 3. The summed E-state index contributed by atoms with van der Waals surface area (Å²) in [5.41, 5.74) is 1.70. The molecule has 0 unspecified atom stereocenters. The predicted molar refractivity (Wildman–Crippen MR) is 102 cm³/mol. The largest absolute Gasteiger partial charge is 0.330 e. The highest BCUT2D eigenvalue weighted by molar-refractivity contribution is 5.91. The lowest BCUT2D eigenvalue weighted by molar-refractivity contribution is 0.628. The molecule has 2 heterocycles. The van der Waals surface area contributed by atoms with Crippen LogP contribution in [0.4, 0.5) is 4.39 Å². The van der Waals surface area contributed by atoms with Crippen LogP contribution in [0.3, 0.4) is 0 Å². The Morgan fingerprint density at radius 2 is 1.70 bits per heavy atom. The molecule has 0 radical (unpaired) electrons. The number of hydrogen-bond donors (Lipinski definition) is 1. The zero-order valence-corrected chi connectivity index (χ0v) is 14.4. The molecular formula is C21H16FN3O2. The summed E-state index contributed by atoms with van der Waals surface area (Å²) in [7, 11) is 0. The summed E-state index contributed by atoms with van der Waals surface area (Å²) in [5, 5.41) is 0.316. The van der Waals surface area contributed by atoms with E-state index < -0.39 is 11.2 Å². The molecule has 4 rings (SSSR count). The maximum absolute atomic E-state index is 13.2. The molecule has 0 aliphatic carbocycles. The van der Waals surface area contributed by atoms with Crippen LogP contribution in [0.25, 0.3) is 22.2 Å². The van der Waals surface area contributed by atoms with Crippen molar-refractivity contribution in [3.8, 4) is 11.1 Å². The Morgan fingerprint density at radius 3 is 2.44 bits per heavy atom. The number of H-pyrrole nitrogens is 1. The minimum atomic E-state index is -0.501. The van der Waals surface area contributed by atoms with Gasteiger partial charge in [0.05, 0.1) is 5.39 Å². The molecule has 4 aromatic rings. The van der Waals surface area contributed by atoms with Gasteiger partial charge in [-0.25, -0.2) is 14.2 Å². The second kappa shape index (κ2) is 6.99. The first kappa shape index (κ1) is 16.9. The first-order valence-corrected chi connectivity index (χ1v) is 8.55. The monoisotopic (exact) mass is 361 g/mol. The van der Waals surface area contributed by atoms with Crippen molar-refractivity contribution in [2.75, 3.05) is 0 Å². The van der Waals surface area contributed by atoms with Gasteiger partial charge in [0.25, 0.3) is 5.56 Å². The highest BCUT2D eigenvalue weighted by atomic mass is 19.1. The molecule has 2 aromatic heterocycles. The number of halogens is 1. The van der Waals surface area contributed by atoms with Crippen molar-refractivity contribution in [2.24, 2.45) is 0 Å². The Bertz CT molecular complexity index is 1210. The Kier molecular flexibility index (Phi) is 4.38. The number of aryl methyl sites for hydroxylation is 2. The van der Waals surface area contributed by atoms with Crippen LogP contribution in [-0.2, 0) is 13.0 Å². The minimum Gasteiger partial charge on any atom is -0.277 e. The Morgan fingerprint density at radius 1 is 0.963 bits per heavy atom. The quantitative estimate of drug-likeness (QED) is 0.607. The van der Waals surface area contributed by atoms with Crippen LogP contribution in [0, 0.1) is 5.82 Å². The van der Waals surface area contributed by atoms with Crippen LogP contribution >= 0.6 is 0 Å². The number of benzene rings is 2. The molecule has 6 heteroatoms. The molecule has 0 bridgehead atoms. The van der Waals surface area contributed by atoms with Crippen molar-refractivity contribution in [3.63, 3.8) is 0 Å². The lowest BCUT2D eigenvalue weighted by Crippen LogP contribution is -2.31. The van der Waals surface area contributed by atoms with E-state index in [0.29, 0.717) is 35.1 Å². The number of nitrogens with zero attached hydrogens (tertiary/aromatic N) is 2. The smallest absolute Gasteiger partial charge is 0.277 e. The third-order valence-electron chi connectivity index (χ3n) is 4.50. The number of rotatable bonds is 4. The highest BCUT2D eigenvalue weighted by Crippen LogP contribution is 2.24. The summed E-state index contributed by atoms with van der Waals surface area (Å²) in [6.45, 7) is 0.385. The third kappa shape index (κ3) is 3.29. The summed E-state index contributed by atoms with van der Waals surface area (Å²) in [4.78, 5) is 31.6. The van der Waals surface area contributed by atoms with E-state index in [2.05, 4.69) is 9.97 Å². The van der Waals surface area contributed by atoms with Crippen molar-refractivity contribution >= 4 is 11.0 Å². The molecule has 1 N–H and O–H groups in total. The topological polar surface area (TPSA) is 67.8 Å². The number of pyridine rings is 1. The zero-order chi connectivity index (χ0) is 18.8. The van der Waals surface area contributed by atoms with Crippen molar-refractivity contribution in [1.82, 2.24) is 14.5 Å². The van der Waals surface area contributed by atoms with E-state index in [-0.39, 0.29) is 5.82 Å². The average molecular weight is 361 g/mol. The number of nitrogens with one attached hydrogen (secondary N) is 1. The van der Waals surface area contributed by atoms with Crippen LogP contribution in [0.1, 0.15) is 5.56 Å². The van der Waals surface area contributed by atoms with Crippen LogP contribution < -0.4 is 11.2 Å². The molecule has 0 amide bonds. The van der Waals surface area contributed by atoms with E-state index in [1.54, 1.807) is 24.4 Å². The van der Waals surface area contributed by atoms with Gasteiger partial charge in [0.2, 0.25) is 0 Å². The van der Waals surface area contributed by atoms with Gasteiger partial charge in [-0.3, -0.25) is 14.3 Å². The van der Waals surface area contributed by atoms with Crippen LogP contribution in [0.5, 0.6) is 0 Å². The van der Waals surface area contributed by atoms with Crippen molar-refractivity contribution < 1.29 is 4.39 Å². The molecule has 0 aliphatic heterocycles. The summed E-state index contributed by atoms with van der Waals surface area (Å²) in [6, 6.07) is 17.3. The van der Waals surface area contributed by atoms with E-state index in [1.165, 1.54) is 16.7 Å². The van der Waals surface area contributed by atoms with Gasteiger partial charge in [-0.05, 0) is 41.3 Å². The van der Waals surface area contributed by atoms with Gasteiger partial charge < -0.3 is 0 Å².